The van der Waals surface area contributed by atoms with E-state index in [1.165, 1.54) is 0 Å². The van der Waals surface area contributed by atoms with Gasteiger partial charge in [0.25, 0.3) is 0 Å². The number of para-hydroxylation sites is 1. The highest BCUT2D eigenvalue weighted by Crippen LogP contribution is 2.28. The van der Waals surface area contributed by atoms with Crippen molar-refractivity contribution in [3.8, 4) is 11.3 Å². The molecule has 4 aromatic rings. The van der Waals surface area contributed by atoms with Crippen molar-refractivity contribution in [3.63, 3.8) is 0 Å². The fourth-order valence-corrected chi connectivity index (χ4v) is 2.91. The van der Waals surface area contributed by atoms with Crippen molar-refractivity contribution in [2.75, 3.05) is 5.32 Å². The summed E-state index contributed by atoms with van der Waals surface area (Å²) in [6.45, 7) is 2.20. The highest BCUT2D eigenvalue weighted by Gasteiger charge is 2.13. The highest BCUT2D eigenvalue weighted by molar-refractivity contribution is 5.85. The minimum absolute atomic E-state index is 0.0900. The van der Waals surface area contributed by atoms with E-state index in [0.29, 0.717) is 6.54 Å². The van der Waals surface area contributed by atoms with E-state index in [9.17, 15) is 4.79 Å². The Morgan fingerprint density at radius 1 is 1.04 bits per heavy atom. The summed E-state index contributed by atoms with van der Waals surface area (Å²) in [6.07, 6.45) is 1.59. The number of fused-ring (bicyclic) bond motifs is 1. The van der Waals surface area contributed by atoms with E-state index in [2.05, 4.69) is 10.6 Å². The molecule has 2 heterocycles. The first-order chi connectivity index (χ1) is 13.2. The van der Waals surface area contributed by atoms with E-state index in [0.717, 1.165) is 33.7 Å². The molecule has 5 nitrogen and oxygen atoms in total. The standard InChI is InChI=1S/C22H20N2O3/c1-15(22(25)23-14-19-6-4-12-26-19)24-18-10-8-16(9-11-18)21-13-17-5-2-3-7-20(17)27-21/h2-13,15,24H,14H2,1H3,(H,23,25). The molecule has 0 aliphatic rings. The van der Waals surface area contributed by atoms with Crippen LogP contribution in [0.1, 0.15) is 12.7 Å². The van der Waals surface area contributed by atoms with Crippen LogP contribution < -0.4 is 10.6 Å². The molecule has 5 heteroatoms. The average Bonchev–Trinajstić information content (AvgIpc) is 3.36. The molecule has 1 amide bonds. The first kappa shape index (κ1) is 17.0. The van der Waals surface area contributed by atoms with Gasteiger partial charge in [-0.2, -0.15) is 0 Å². The molecule has 0 radical (unpaired) electrons. The van der Waals surface area contributed by atoms with Gasteiger partial charge in [0.15, 0.2) is 0 Å². The Morgan fingerprint density at radius 3 is 2.59 bits per heavy atom. The quantitative estimate of drug-likeness (QED) is 0.518. The number of hydrogen-bond donors (Lipinski definition) is 2. The monoisotopic (exact) mass is 360 g/mol. The Hall–Kier alpha value is -3.47. The van der Waals surface area contributed by atoms with E-state index in [4.69, 9.17) is 8.83 Å². The Labute approximate surface area is 157 Å². The van der Waals surface area contributed by atoms with Gasteiger partial charge in [0.2, 0.25) is 5.91 Å². The molecule has 0 saturated heterocycles. The number of anilines is 1. The summed E-state index contributed by atoms with van der Waals surface area (Å²) in [6, 6.07) is 21.1. The molecule has 0 saturated carbocycles. The second-order valence-electron chi connectivity index (χ2n) is 6.39. The van der Waals surface area contributed by atoms with Crippen LogP contribution in [0, 0.1) is 0 Å². The predicted octanol–water partition coefficient (Wildman–Crippen LogP) is 4.81. The summed E-state index contributed by atoms with van der Waals surface area (Å²) in [4.78, 5) is 12.2. The van der Waals surface area contributed by atoms with Gasteiger partial charge in [-0.3, -0.25) is 4.79 Å². The van der Waals surface area contributed by atoms with Crippen molar-refractivity contribution >= 4 is 22.6 Å². The summed E-state index contributed by atoms with van der Waals surface area (Å²) < 4.78 is 11.1. The van der Waals surface area contributed by atoms with Gasteiger partial charge >= 0.3 is 0 Å². The first-order valence-electron chi connectivity index (χ1n) is 8.85. The van der Waals surface area contributed by atoms with Gasteiger partial charge in [0, 0.05) is 16.6 Å². The fraction of sp³-hybridized carbons (Fsp3) is 0.136. The molecule has 136 valence electrons. The van der Waals surface area contributed by atoms with Crippen LogP contribution in [0.5, 0.6) is 0 Å². The van der Waals surface area contributed by atoms with Crippen LogP contribution in [0.2, 0.25) is 0 Å². The topological polar surface area (TPSA) is 67.4 Å². The molecule has 0 fully saturated rings. The molecule has 1 atom stereocenters. The maximum absolute atomic E-state index is 12.2. The summed E-state index contributed by atoms with van der Waals surface area (Å²) >= 11 is 0. The lowest BCUT2D eigenvalue weighted by Crippen LogP contribution is -2.37. The van der Waals surface area contributed by atoms with Crippen LogP contribution in [0.3, 0.4) is 0 Å². The summed E-state index contributed by atoms with van der Waals surface area (Å²) in [5.74, 6) is 1.46. The number of nitrogens with one attached hydrogen (secondary N) is 2. The number of amides is 1. The van der Waals surface area contributed by atoms with Crippen LogP contribution in [0.25, 0.3) is 22.3 Å². The van der Waals surface area contributed by atoms with Crippen molar-refractivity contribution in [1.82, 2.24) is 5.32 Å². The smallest absolute Gasteiger partial charge is 0.242 e. The minimum atomic E-state index is -0.364. The minimum Gasteiger partial charge on any atom is -0.467 e. The van der Waals surface area contributed by atoms with Gasteiger partial charge in [-0.1, -0.05) is 18.2 Å². The molecule has 2 aromatic heterocycles. The van der Waals surface area contributed by atoms with E-state index in [1.54, 1.807) is 12.3 Å². The highest BCUT2D eigenvalue weighted by atomic mass is 16.3. The van der Waals surface area contributed by atoms with Gasteiger partial charge in [-0.15, -0.1) is 0 Å². The SMILES string of the molecule is CC(Nc1ccc(-c2cc3ccccc3o2)cc1)C(=O)NCc1ccco1. The zero-order valence-electron chi connectivity index (χ0n) is 14.9. The van der Waals surface area contributed by atoms with Crippen LogP contribution in [-0.4, -0.2) is 11.9 Å². The summed E-state index contributed by atoms with van der Waals surface area (Å²) in [7, 11) is 0. The molecular weight excluding hydrogens is 340 g/mol. The molecule has 0 bridgehead atoms. The third-order valence-corrected chi connectivity index (χ3v) is 4.39. The normalized spacial score (nSPS) is 12.0. The molecule has 2 aromatic carbocycles. The van der Waals surface area contributed by atoms with E-state index in [1.807, 2.05) is 67.6 Å². The van der Waals surface area contributed by atoms with E-state index >= 15 is 0 Å². The summed E-state index contributed by atoms with van der Waals surface area (Å²) in [5, 5.41) is 7.13. The van der Waals surface area contributed by atoms with Gasteiger partial charge in [0.1, 0.15) is 23.1 Å². The lowest BCUT2D eigenvalue weighted by Gasteiger charge is -2.15. The first-order valence-corrected chi connectivity index (χ1v) is 8.85. The van der Waals surface area contributed by atoms with Crippen molar-refractivity contribution in [1.29, 1.82) is 0 Å². The number of furan rings is 2. The Balaban J connectivity index is 1.39. The van der Waals surface area contributed by atoms with Gasteiger partial charge in [-0.25, -0.2) is 0 Å². The lowest BCUT2D eigenvalue weighted by molar-refractivity contribution is -0.121. The predicted molar refractivity (Wildman–Crippen MR) is 105 cm³/mol. The van der Waals surface area contributed by atoms with E-state index in [-0.39, 0.29) is 11.9 Å². The van der Waals surface area contributed by atoms with Crippen molar-refractivity contribution in [2.45, 2.75) is 19.5 Å². The van der Waals surface area contributed by atoms with Gasteiger partial charge in [-0.05, 0) is 55.5 Å². The molecule has 27 heavy (non-hydrogen) atoms. The van der Waals surface area contributed by atoms with Crippen molar-refractivity contribution in [3.05, 3.63) is 78.8 Å². The molecule has 1 unspecified atom stereocenters. The number of carbonyl (C=O) groups excluding carboxylic acids is 1. The lowest BCUT2D eigenvalue weighted by atomic mass is 10.1. The second-order valence-corrected chi connectivity index (χ2v) is 6.39. The third-order valence-electron chi connectivity index (χ3n) is 4.39. The zero-order valence-corrected chi connectivity index (χ0v) is 14.9. The summed E-state index contributed by atoms with van der Waals surface area (Å²) in [5.41, 5.74) is 2.73. The maximum atomic E-state index is 12.2. The number of hydrogen-bond acceptors (Lipinski definition) is 4. The van der Waals surface area contributed by atoms with Gasteiger partial charge in [0.05, 0.1) is 12.8 Å². The van der Waals surface area contributed by atoms with Crippen LogP contribution in [0.4, 0.5) is 5.69 Å². The maximum Gasteiger partial charge on any atom is 0.242 e. The number of carbonyl (C=O) groups is 1. The molecule has 2 N–H and O–H groups in total. The van der Waals surface area contributed by atoms with Crippen LogP contribution >= 0.6 is 0 Å². The second kappa shape index (κ2) is 7.41. The Bertz CT molecular complexity index is 1000. The molecule has 4 rings (SSSR count). The zero-order chi connectivity index (χ0) is 18.6. The Morgan fingerprint density at radius 2 is 1.85 bits per heavy atom. The molecular formula is C22H20N2O3. The van der Waals surface area contributed by atoms with Crippen LogP contribution in [0.15, 0.2) is 81.8 Å². The van der Waals surface area contributed by atoms with Crippen molar-refractivity contribution < 1.29 is 13.6 Å². The number of benzene rings is 2. The van der Waals surface area contributed by atoms with Gasteiger partial charge < -0.3 is 19.5 Å². The Kier molecular flexibility index (Phi) is 4.66. The molecule has 0 spiro atoms. The van der Waals surface area contributed by atoms with Crippen LogP contribution in [-0.2, 0) is 11.3 Å². The van der Waals surface area contributed by atoms with Crippen molar-refractivity contribution in [2.24, 2.45) is 0 Å². The molecule has 0 aliphatic carbocycles. The average molecular weight is 360 g/mol. The number of rotatable bonds is 6. The fourth-order valence-electron chi connectivity index (χ4n) is 2.91. The molecule has 0 aliphatic heterocycles. The largest absolute Gasteiger partial charge is 0.467 e. The van der Waals surface area contributed by atoms with E-state index < -0.39 is 0 Å². The third kappa shape index (κ3) is 3.87.